The van der Waals surface area contributed by atoms with Crippen molar-refractivity contribution in [3.63, 3.8) is 0 Å². The molecule has 1 aromatic rings. The Balaban J connectivity index is 3.33. The highest BCUT2D eigenvalue weighted by Gasteiger charge is 2.20. The van der Waals surface area contributed by atoms with E-state index < -0.39 is 12.1 Å². The minimum Gasteiger partial charge on any atom is -0.350 e. The van der Waals surface area contributed by atoms with Gasteiger partial charge >= 0.3 is 12.1 Å². The molecule has 11 heteroatoms. The molecule has 19 heavy (non-hydrogen) atoms. The molecule has 1 aromatic heterocycles. The predicted molar refractivity (Wildman–Crippen MR) is 66.4 cm³/mol. The third-order valence-electron chi connectivity index (χ3n) is 2.05. The Hall–Kier alpha value is -2.53. The number of anilines is 2. The van der Waals surface area contributed by atoms with Crippen LogP contribution in [0.2, 0.25) is 0 Å². The summed E-state index contributed by atoms with van der Waals surface area (Å²) in [6, 6.07) is -1.95. The van der Waals surface area contributed by atoms with Gasteiger partial charge in [0.1, 0.15) is 5.82 Å². The zero-order valence-corrected chi connectivity index (χ0v) is 10.4. The van der Waals surface area contributed by atoms with Crippen molar-refractivity contribution in [2.75, 3.05) is 10.0 Å². The molecule has 4 amide bonds. The van der Waals surface area contributed by atoms with Crippen LogP contribution in [0.4, 0.5) is 21.5 Å². The molecule has 104 valence electrons. The summed E-state index contributed by atoms with van der Waals surface area (Å²) >= 11 is 0. The number of carbonyl (C=O) groups is 2. The average molecular weight is 269 g/mol. The molecule has 11 nitrogen and oxygen atoms in total. The summed E-state index contributed by atoms with van der Waals surface area (Å²) in [6.07, 6.45) is 0. The summed E-state index contributed by atoms with van der Waals surface area (Å²) in [6.45, 7) is 3.58. The van der Waals surface area contributed by atoms with Crippen LogP contribution in [0, 0.1) is 0 Å². The zero-order valence-electron chi connectivity index (χ0n) is 10.4. The Morgan fingerprint density at radius 3 is 1.58 bits per heavy atom. The lowest BCUT2D eigenvalue weighted by Gasteiger charge is -2.17. The molecule has 0 fully saturated rings. The number of amides is 4. The second-order valence-electron chi connectivity index (χ2n) is 3.86. The Morgan fingerprint density at radius 1 is 0.947 bits per heavy atom. The fraction of sp³-hybridized carbons (Fsp3) is 0.375. The summed E-state index contributed by atoms with van der Waals surface area (Å²) in [5.41, 5.74) is 10.0. The van der Waals surface area contributed by atoms with Crippen molar-refractivity contribution in [1.29, 1.82) is 0 Å². The van der Waals surface area contributed by atoms with E-state index in [1.54, 1.807) is 13.8 Å². The SMILES string of the molecule is CC(C)c1nc(N(N)C(N)=O)nc(N(N)C(N)=O)n1. The molecule has 0 aliphatic heterocycles. The van der Waals surface area contributed by atoms with Gasteiger partial charge in [0, 0.05) is 5.92 Å². The van der Waals surface area contributed by atoms with Gasteiger partial charge in [0.2, 0.25) is 0 Å². The molecule has 0 saturated carbocycles. The second kappa shape index (κ2) is 5.41. The molecule has 0 aliphatic carbocycles. The maximum Gasteiger partial charge on any atom is 0.336 e. The van der Waals surface area contributed by atoms with E-state index in [0.29, 0.717) is 10.0 Å². The van der Waals surface area contributed by atoms with Gasteiger partial charge < -0.3 is 11.5 Å². The highest BCUT2D eigenvalue weighted by Crippen LogP contribution is 2.16. The highest BCUT2D eigenvalue weighted by atomic mass is 16.2. The van der Waals surface area contributed by atoms with E-state index in [0.717, 1.165) is 0 Å². The molecule has 1 heterocycles. The van der Waals surface area contributed by atoms with E-state index in [4.69, 9.17) is 23.2 Å². The number of nitrogens with two attached hydrogens (primary N) is 4. The van der Waals surface area contributed by atoms with Gasteiger partial charge in [-0.1, -0.05) is 13.8 Å². The Morgan fingerprint density at radius 2 is 1.32 bits per heavy atom. The molecule has 1 rings (SSSR count). The van der Waals surface area contributed by atoms with E-state index in [-0.39, 0.29) is 23.6 Å². The smallest absolute Gasteiger partial charge is 0.336 e. The van der Waals surface area contributed by atoms with E-state index in [2.05, 4.69) is 15.0 Å². The second-order valence-corrected chi connectivity index (χ2v) is 3.86. The van der Waals surface area contributed by atoms with Crippen LogP contribution in [0.1, 0.15) is 25.6 Å². The molecule has 0 radical (unpaired) electrons. The summed E-state index contributed by atoms with van der Waals surface area (Å²) in [7, 11) is 0. The number of hydrogen-bond acceptors (Lipinski definition) is 7. The number of urea groups is 2. The highest BCUT2D eigenvalue weighted by molar-refractivity contribution is 5.89. The molecule has 0 saturated heterocycles. The lowest BCUT2D eigenvalue weighted by molar-refractivity contribution is 0.253. The van der Waals surface area contributed by atoms with Gasteiger partial charge in [0.25, 0.3) is 11.9 Å². The lowest BCUT2D eigenvalue weighted by atomic mass is 10.2. The van der Waals surface area contributed by atoms with Crippen molar-refractivity contribution in [2.45, 2.75) is 19.8 Å². The third-order valence-corrected chi connectivity index (χ3v) is 2.05. The van der Waals surface area contributed by atoms with Crippen LogP contribution in [-0.4, -0.2) is 27.0 Å². The molecule has 8 N–H and O–H groups in total. The van der Waals surface area contributed by atoms with Crippen molar-refractivity contribution >= 4 is 24.0 Å². The number of aromatic nitrogens is 3. The first-order chi connectivity index (χ1) is 8.73. The van der Waals surface area contributed by atoms with Crippen molar-refractivity contribution in [2.24, 2.45) is 23.2 Å². The number of rotatable bonds is 3. The van der Waals surface area contributed by atoms with Crippen LogP contribution in [-0.2, 0) is 0 Å². The molecule has 0 aromatic carbocycles. The van der Waals surface area contributed by atoms with E-state index in [1.807, 2.05) is 0 Å². The van der Waals surface area contributed by atoms with Crippen molar-refractivity contribution in [3.8, 4) is 0 Å². The lowest BCUT2D eigenvalue weighted by Crippen LogP contribution is -2.45. The predicted octanol–water partition coefficient (Wildman–Crippen LogP) is -1.49. The summed E-state index contributed by atoms with van der Waals surface area (Å²) in [5.74, 6) is 10.4. The largest absolute Gasteiger partial charge is 0.350 e. The molecule has 0 aliphatic rings. The maximum atomic E-state index is 11.0. The Kier molecular flexibility index (Phi) is 4.14. The Labute approximate surface area is 108 Å². The van der Waals surface area contributed by atoms with Crippen molar-refractivity contribution < 1.29 is 9.59 Å². The van der Waals surface area contributed by atoms with Gasteiger partial charge in [-0.15, -0.1) is 0 Å². The standard InChI is InChI=1S/C8H15N9O2/c1-3(2)4-13-7(16(11)5(9)18)15-8(14-4)17(12)6(10)19/h3H,11-12H2,1-2H3,(H2,9,18)(H2,10,19). The summed E-state index contributed by atoms with van der Waals surface area (Å²) in [5, 5.41) is 1.01. The van der Waals surface area contributed by atoms with Crippen molar-refractivity contribution in [1.82, 2.24) is 15.0 Å². The van der Waals surface area contributed by atoms with E-state index in [9.17, 15) is 9.59 Å². The van der Waals surface area contributed by atoms with Crippen LogP contribution in [0.15, 0.2) is 0 Å². The fourth-order valence-corrected chi connectivity index (χ4v) is 1.04. The molecule has 0 unspecified atom stereocenters. The first-order valence-corrected chi connectivity index (χ1v) is 5.18. The maximum absolute atomic E-state index is 11.0. The summed E-state index contributed by atoms with van der Waals surface area (Å²) < 4.78 is 0. The first kappa shape index (κ1) is 14.5. The number of carbonyl (C=O) groups excluding carboxylic acids is 2. The van der Waals surface area contributed by atoms with Crippen LogP contribution in [0.3, 0.4) is 0 Å². The van der Waals surface area contributed by atoms with Crippen LogP contribution < -0.4 is 33.2 Å². The zero-order chi connectivity index (χ0) is 14.7. The quantitative estimate of drug-likeness (QED) is 0.292. The minimum atomic E-state index is -0.977. The average Bonchev–Trinajstić information content (AvgIpc) is 2.35. The summed E-state index contributed by atoms with van der Waals surface area (Å²) in [4.78, 5) is 33.6. The number of hydrazine groups is 2. The fourth-order valence-electron chi connectivity index (χ4n) is 1.04. The number of hydrogen-bond donors (Lipinski definition) is 4. The van der Waals surface area contributed by atoms with Crippen LogP contribution in [0.5, 0.6) is 0 Å². The number of nitrogens with zero attached hydrogens (tertiary/aromatic N) is 5. The van der Waals surface area contributed by atoms with Crippen molar-refractivity contribution in [3.05, 3.63) is 5.82 Å². The first-order valence-electron chi connectivity index (χ1n) is 5.18. The van der Waals surface area contributed by atoms with Gasteiger partial charge in [0.05, 0.1) is 0 Å². The van der Waals surface area contributed by atoms with Gasteiger partial charge in [-0.05, 0) is 0 Å². The van der Waals surface area contributed by atoms with Gasteiger partial charge in [-0.25, -0.2) is 21.3 Å². The van der Waals surface area contributed by atoms with Crippen LogP contribution >= 0.6 is 0 Å². The van der Waals surface area contributed by atoms with E-state index in [1.165, 1.54) is 0 Å². The number of primary amides is 2. The molecular formula is C8H15N9O2. The molecule has 0 bridgehead atoms. The molecular weight excluding hydrogens is 254 g/mol. The monoisotopic (exact) mass is 269 g/mol. The Bertz CT molecular complexity index is 465. The normalized spacial score (nSPS) is 10.4. The van der Waals surface area contributed by atoms with Gasteiger partial charge in [0.15, 0.2) is 0 Å². The third kappa shape index (κ3) is 3.23. The van der Waals surface area contributed by atoms with Crippen LogP contribution in [0.25, 0.3) is 0 Å². The van der Waals surface area contributed by atoms with Gasteiger partial charge in [-0.3, -0.25) is 0 Å². The van der Waals surface area contributed by atoms with E-state index >= 15 is 0 Å². The minimum absolute atomic E-state index is 0.122. The van der Waals surface area contributed by atoms with Gasteiger partial charge in [-0.2, -0.15) is 25.0 Å². The molecule has 0 atom stereocenters. The topological polar surface area (TPSA) is 183 Å². The molecule has 0 spiro atoms.